The molecular weight excluding hydrogens is 254 g/mol. The second kappa shape index (κ2) is 6.68. The molecule has 0 unspecified atom stereocenters. The highest BCUT2D eigenvalue weighted by Gasteiger charge is 2.36. The van der Waals surface area contributed by atoms with Crippen LogP contribution in [0.25, 0.3) is 0 Å². The Labute approximate surface area is 119 Å². The van der Waals surface area contributed by atoms with E-state index in [9.17, 15) is 5.11 Å². The number of ether oxygens (including phenoxy) is 2. The maximum absolute atomic E-state index is 10.2. The molecule has 0 bridgehead atoms. The number of nitrogens with zero attached hydrogens (tertiary/aromatic N) is 1. The van der Waals surface area contributed by atoms with Gasteiger partial charge in [-0.2, -0.15) is 0 Å². The first-order valence-corrected chi connectivity index (χ1v) is 6.76. The van der Waals surface area contributed by atoms with Gasteiger partial charge in [-0.1, -0.05) is 43.3 Å². The Morgan fingerprint density at radius 2 is 2.15 bits per heavy atom. The summed E-state index contributed by atoms with van der Waals surface area (Å²) in [6.45, 7) is 6.03. The molecule has 4 heteroatoms. The number of benzene rings is 1. The number of hydrogen-bond acceptors (Lipinski definition) is 4. The van der Waals surface area contributed by atoms with E-state index in [1.165, 1.54) is 0 Å². The molecule has 0 fully saturated rings. The third-order valence-corrected chi connectivity index (χ3v) is 3.48. The highest BCUT2D eigenvalue weighted by Crippen LogP contribution is 2.31. The van der Waals surface area contributed by atoms with Crippen molar-refractivity contribution in [2.24, 2.45) is 10.9 Å². The maximum Gasteiger partial charge on any atom is 0.214 e. The van der Waals surface area contributed by atoms with Gasteiger partial charge in [0, 0.05) is 13.0 Å². The van der Waals surface area contributed by atoms with Gasteiger partial charge < -0.3 is 14.6 Å². The summed E-state index contributed by atoms with van der Waals surface area (Å²) < 4.78 is 11.1. The largest absolute Gasteiger partial charge is 0.468 e. The Balaban J connectivity index is 2.19. The molecule has 4 atom stereocenters. The number of aliphatic hydroxyl groups excluding tert-OH is 1. The van der Waals surface area contributed by atoms with Crippen LogP contribution in [-0.2, 0) is 9.47 Å². The van der Waals surface area contributed by atoms with E-state index in [4.69, 9.17) is 9.47 Å². The van der Waals surface area contributed by atoms with Crippen molar-refractivity contribution in [3.05, 3.63) is 48.6 Å². The highest BCUT2D eigenvalue weighted by molar-refractivity contribution is 5.83. The van der Waals surface area contributed by atoms with Gasteiger partial charge >= 0.3 is 0 Å². The van der Waals surface area contributed by atoms with Crippen LogP contribution in [0.15, 0.2) is 48.0 Å². The summed E-state index contributed by atoms with van der Waals surface area (Å²) in [6, 6.07) is 9.74. The lowest BCUT2D eigenvalue weighted by molar-refractivity contribution is 0.102. The van der Waals surface area contributed by atoms with Crippen molar-refractivity contribution in [3.63, 3.8) is 0 Å². The van der Waals surface area contributed by atoms with Gasteiger partial charge in [0.1, 0.15) is 18.2 Å². The fourth-order valence-electron chi connectivity index (χ4n) is 2.20. The SMILES string of the molecule is C=C[C@H](C)[C@H](O)C1=N[C@@H](COC)[C@H](c2ccccc2)O1. The molecule has 1 aliphatic rings. The van der Waals surface area contributed by atoms with E-state index in [1.54, 1.807) is 13.2 Å². The molecule has 0 spiro atoms. The van der Waals surface area contributed by atoms with E-state index in [1.807, 2.05) is 37.3 Å². The first-order chi connectivity index (χ1) is 9.67. The summed E-state index contributed by atoms with van der Waals surface area (Å²) in [5, 5.41) is 10.2. The molecule has 1 heterocycles. The van der Waals surface area contributed by atoms with Crippen LogP contribution in [0, 0.1) is 5.92 Å². The average Bonchev–Trinajstić information content (AvgIpc) is 2.91. The molecule has 0 saturated heterocycles. The fourth-order valence-corrected chi connectivity index (χ4v) is 2.20. The zero-order chi connectivity index (χ0) is 14.5. The van der Waals surface area contributed by atoms with E-state index in [0.717, 1.165) is 5.56 Å². The third kappa shape index (κ3) is 3.08. The average molecular weight is 275 g/mol. The summed E-state index contributed by atoms with van der Waals surface area (Å²) in [5.74, 6) is 0.264. The van der Waals surface area contributed by atoms with E-state index >= 15 is 0 Å². The Kier molecular flexibility index (Phi) is 4.93. The van der Waals surface area contributed by atoms with Crippen molar-refractivity contribution >= 4 is 5.90 Å². The molecule has 1 aromatic carbocycles. The standard InChI is InChI=1S/C16H21NO3/c1-4-11(2)14(18)16-17-13(10-19-3)15(20-16)12-8-6-5-7-9-12/h4-9,11,13-15,18H,1,10H2,2-3H3/t11-,13-,14-,15-/m0/s1. The Bertz CT molecular complexity index is 472. The molecular formula is C16H21NO3. The zero-order valence-corrected chi connectivity index (χ0v) is 11.9. The van der Waals surface area contributed by atoms with Crippen LogP contribution in [-0.4, -0.2) is 36.9 Å². The van der Waals surface area contributed by atoms with Crippen LogP contribution in [0.1, 0.15) is 18.6 Å². The normalized spacial score (nSPS) is 24.6. The molecule has 0 aliphatic carbocycles. The quantitative estimate of drug-likeness (QED) is 0.811. The van der Waals surface area contributed by atoms with Crippen LogP contribution in [0.4, 0.5) is 0 Å². The van der Waals surface area contributed by atoms with Crippen molar-refractivity contribution in [1.82, 2.24) is 0 Å². The fraction of sp³-hybridized carbons (Fsp3) is 0.438. The minimum absolute atomic E-state index is 0.105. The minimum Gasteiger partial charge on any atom is -0.468 e. The maximum atomic E-state index is 10.2. The second-order valence-electron chi connectivity index (χ2n) is 4.98. The Morgan fingerprint density at radius 3 is 2.75 bits per heavy atom. The van der Waals surface area contributed by atoms with Gasteiger partial charge in [-0.25, -0.2) is 4.99 Å². The van der Waals surface area contributed by atoms with Gasteiger partial charge in [-0.15, -0.1) is 6.58 Å². The Hall–Kier alpha value is -1.65. The number of hydrogen-bond donors (Lipinski definition) is 1. The molecule has 1 N–H and O–H groups in total. The molecule has 0 amide bonds. The number of aliphatic imine (C=N–C) groups is 1. The molecule has 1 aliphatic heterocycles. The number of methoxy groups -OCH3 is 1. The third-order valence-electron chi connectivity index (χ3n) is 3.48. The summed E-state index contributed by atoms with van der Waals surface area (Å²) in [4.78, 5) is 4.48. The van der Waals surface area contributed by atoms with Gasteiger partial charge in [-0.05, 0) is 5.56 Å². The van der Waals surface area contributed by atoms with E-state index < -0.39 is 6.10 Å². The summed E-state index contributed by atoms with van der Waals surface area (Å²) >= 11 is 0. The van der Waals surface area contributed by atoms with Crippen LogP contribution < -0.4 is 0 Å². The smallest absolute Gasteiger partial charge is 0.214 e. The molecule has 2 rings (SSSR count). The van der Waals surface area contributed by atoms with Crippen LogP contribution in [0.3, 0.4) is 0 Å². The molecule has 108 valence electrons. The molecule has 4 nitrogen and oxygen atoms in total. The van der Waals surface area contributed by atoms with Gasteiger partial charge in [0.2, 0.25) is 5.90 Å². The van der Waals surface area contributed by atoms with Crippen molar-refractivity contribution < 1.29 is 14.6 Å². The first kappa shape index (κ1) is 14.8. The lowest BCUT2D eigenvalue weighted by Crippen LogP contribution is -2.27. The van der Waals surface area contributed by atoms with Crippen LogP contribution in [0.2, 0.25) is 0 Å². The van der Waals surface area contributed by atoms with Crippen LogP contribution >= 0.6 is 0 Å². The van der Waals surface area contributed by atoms with Gasteiger partial charge in [0.25, 0.3) is 0 Å². The van der Waals surface area contributed by atoms with Gasteiger partial charge in [0.05, 0.1) is 6.61 Å². The summed E-state index contributed by atoms with van der Waals surface area (Å²) in [7, 11) is 1.64. The molecule has 0 saturated carbocycles. The van der Waals surface area contributed by atoms with E-state index in [0.29, 0.717) is 12.5 Å². The van der Waals surface area contributed by atoms with E-state index in [-0.39, 0.29) is 18.1 Å². The minimum atomic E-state index is -0.763. The monoisotopic (exact) mass is 275 g/mol. The second-order valence-corrected chi connectivity index (χ2v) is 4.98. The van der Waals surface area contributed by atoms with Gasteiger partial charge in [-0.3, -0.25) is 0 Å². The highest BCUT2D eigenvalue weighted by atomic mass is 16.5. The van der Waals surface area contributed by atoms with Crippen LogP contribution in [0.5, 0.6) is 0 Å². The van der Waals surface area contributed by atoms with Crippen molar-refractivity contribution in [2.45, 2.75) is 25.2 Å². The molecule has 0 radical (unpaired) electrons. The Morgan fingerprint density at radius 1 is 1.45 bits per heavy atom. The molecule has 20 heavy (non-hydrogen) atoms. The predicted octanol–water partition coefficient (Wildman–Crippen LogP) is 2.35. The summed E-state index contributed by atoms with van der Waals surface area (Å²) in [6.07, 6.45) is 0.718. The number of rotatable bonds is 6. The molecule has 0 aromatic heterocycles. The van der Waals surface area contributed by atoms with Gasteiger partial charge in [0.15, 0.2) is 0 Å². The first-order valence-electron chi connectivity index (χ1n) is 6.76. The van der Waals surface area contributed by atoms with Crippen molar-refractivity contribution in [1.29, 1.82) is 0 Å². The lowest BCUT2D eigenvalue weighted by Gasteiger charge is -2.19. The summed E-state index contributed by atoms with van der Waals surface area (Å²) in [5.41, 5.74) is 1.03. The van der Waals surface area contributed by atoms with E-state index in [2.05, 4.69) is 11.6 Å². The lowest BCUT2D eigenvalue weighted by atomic mass is 10.0. The van der Waals surface area contributed by atoms with Crippen molar-refractivity contribution in [2.75, 3.05) is 13.7 Å². The topological polar surface area (TPSA) is 51.1 Å². The molecule has 1 aromatic rings. The number of aliphatic hydroxyl groups is 1. The predicted molar refractivity (Wildman–Crippen MR) is 78.7 cm³/mol. The zero-order valence-electron chi connectivity index (χ0n) is 11.9. The van der Waals surface area contributed by atoms with Crippen molar-refractivity contribution in [3.8, 4) is 0 Å².